The van der Waals surface area contributed by atoms with Gasteiger partial charge in [0.25, 0.3) is 0 Å². The highest BCUT2D eigenvalue weighted by Crippen LogP contribution is 2.31. The first kappa shape index (κ1) is 90.2. The van der Waals surface area contributed by atoms with Gasteiger partial charge < -0.3 is 23.7 Å². The third-order valence-electron chi connectivity index (χ3n) is 21.5. The van der Waals surface area contributed by atoms with E-state index in [9.17, 15) is 47.9 Å². The second-order valence-electron chi connectivity index (χ2n) is 26.1. The van der Waals surface area contributed by atoms with Crippen LogP contribution in [0.1, 0.15) is 134 Å². The Morgan fingerprint density at radius 1 is 0.264 bits per heavy atom. The van der Waals surface area contributed by atoms with E-state index in [2.05, 4.69) is 102 Å². The standard InChI is InChI=1S/C80H102O25Si5/c1-16-106(17-2,18-3)65-41-31-58(32-42-65)71(81)96-101-76(86)91-53-51-63(55-93-78(88)103-98-73(83)60-35-45-67(46-36-60)108(22-7,23-8)24-9)70(57-95-80(90)105-100-75(85)62-39-49-69(50-40-62)110(28-13,29-14)30-15)64(56-94-79(89)104-99-74(84)61-37-47-68(48-38-61)109(25-10,26-11)27-12)52-54-92-77(87)102-97-72(82)59-33-43-66(44-34-59)107(19-4,20-5)21-6/h16,19,22,25,28,31-50,63-64,70H,1,4,7,10,13,17-18,20-21,23-24,26-27,29-30,51-57H2,2-3,5-6,8-9,11-12,14-15H3. The van der Waals surface area contributed by atoms with Crippen molar-refractivity contribution in [2.75, 3.05) is 33.0 Å². The number of ether oxygens (including phenoxy) is 5. The Kier molecular flexibility index (Phi) is 36.3. The molecule has 30 heteroatoms. The van der Waals surface area contributed by atoms with Crippen molar-refractivity contribution in [2.45, 2.75) is 143 Å². The van der Waals surface area contributed by atoms with E-state index in [4.69, 9.17) is 72.6 Å². The minimum Gasteiger partial charge on any atom is -0.432 e. The largest absolute Gasteiger partial charge is 0.549 e. The molecule has 0 radical (unpaired) electrons. The molecule has 0 aliphatic heterocycles. The van der Waals surface area contributed by atoms with Gasteiger partial charge in [-0.2, -0.15) is 24.0 Å². The molecular weight excluding hydrogens is 1500 g/mol. The summed E-state index contributed by atoms with van der Waals surface area (Å²) >= 11 is 0. The first-order chi connectivity index (χ1) is 52.8. The molecule has 0 N–H and O–H groups in total. The fourth-order valence-electron chi connectivity index (χ4n) is 13.3. The Labute approximate surface area is 647 Å². The molecule has 2 atom stereocenters. The Morgan fingerprint density at radius 3 is 0.609 bits per heavy atom. The second-order valence-corrected chi connectivity index (χ2v) is 49.7. The summed E-state index contributed by atoms with van der Waals surface area (Å²) in [7, 11) is -10.4. The summed E-state index contributed by atoms with van der Waals surface area (Å²) in [5.41, 5.74) is 9.87. The van der Waals surface area contributed by atoms with E-state index >= 15 is 0 Å². The van der Waals surface area contributed by atoms with Crippen LogP contribution >= 0.6 is 0 Å². The van der Waals surface area contributed by atoms with Crippen LogP contribution in [0, 0.1) is 17.8 Å². The maximum Gasteiger partial charge on any atom is 0.549 e. The SMILES string of the molecule is C=C[Si](CC)(CC)c1ccc(C(=O)OOC(=O)OCCC(COC(=O)OOC(=O)c2ccc([Si](C=C)(CC)CC)cc2)C(COC(=O)OOC(=O)c2ccc([Si](C=C)(CC)CC)cc2)C(CCOC(=O)OOC(=O)c2ccc([Si](C=C)(CC)CC)cc2)COC(=O)OOC(=O)c2ccc([Si](C=C)(CC)CC)cc2)cc1. The lowest BCUT2D eigenvalue weighted by Gasteiger charge is -2.32. The molecule has 25 nitrogen and oxygen atoms in total. The number of hydrogen-bond donors (Lipinski definition) is 0. The Hall–Kier alpha value is -10.4. The van der Waals surface area contributed by atoms with Crippen LogP contribution in [0.5, 0.6) is 0 Å². The van der Waals surface area contributed by atoms with Crippen LogP contribution in [0.25, 0.3) is 0 Å². The fraction of sp³-hybridized carbons (Fsp3) is 0.375. The molecule has 0 amide bonds. The van der Waals surface area contributed by atoms with Gasteiger partial charge >= 0.3 is 60.6 Å². The zero-order valence-corrected chi connectivity index (χ0v) is 69.4. The van der Waals surface area contributed by atoms with Gasteiger partial charge in [-0.15, -0.1) is 32.9 Å². The molecule has 0 saturated carbocycles. The van der Waals surface area contributed by atoms with Gasteiger partial charge in [0.05, 0.1) is 60.9 Å². The first-order valence-electron chi connectivity index (χ1n) is 36.8. The number of benzene rings is 5. The van der Waals surface area contributed by atoms with Gasteiger partial charge in [-0.05, 0) is 73.5 Å². The molecule has 5 rings (SSSR count). The predicted octanol–water partition coefficient (Wildman–Crippen LogP) is 15.3. The predicted molar refractivity (Wildman–Crippen MR) is 424 cm³/mol. The van der Waals surface area contributed by atoms with Crippen LogP contribution in [0.2, 0.25) is 60.4 Å². The molecule has 5 aromatic carbocycles. The maximum atomic E-state index is 13.7. The van der Waals surface area contributed by atoms with Crippen molar-refractivity contribution in [2.24, 2.45) is 17.8 Å². The number of carbonyl (C=O) groups is 10. The monoisotopic (exact) mass is 1600 g/mol. The molecule has 110 heavy (non-hydrogen) atoms. The molecule has 5 aromatic rings. The Bertz CT molecular complexity index is 3730. The van der Waals surface area contributed by atoms with E-state index in [1.54, 1.807) is 60.7 Å². The molecule has 0 heterocycles. The molecule has 0 aliphatic rings. The normalized spacial score (nSPS) is 12.2. The highest BCUT2D eigenvalue weighted by Gasteiger charge is 2.38. The quantitative estimate of drug-likeness (QED) is 0.0116. The van der Waals surface area contributed by atoms with Crippen molar-refractivity contribution in [3.63, 3.8) is 0 Å². The van der Waals surface area contributed by atoms with Crippen LogP contribution in [0.15, 0.2) is 183 Å². The van der Waals surface area contributed by atoms with Crippen molar-refractivity contribution >= 4 is 127 Å². The van der Waals surface area contributed by atoms with E-state index in [-0.39, 0.29) is 27.8 Å². The lowest BCUT2D eigenvalue weighted by molar-refractivity contribution is -0.210. The summed E-state index contributed by atoms with van der Waals surface area (Å²) in [4.78, 5) is 182. The third kappa shape index (κ3) is 24.0. The molecule has 0 bridgehead atoms. The summed E-state index contributed by atoms with van der Waals surface area (Å²) in [6.07, 6.45) is -8.89. The second kappa shape index (κ2) is 44.3. The van der Waals surface area contributed by atoms with Crippen molar-refractivity contribution in [1.82, 2.24) is 0 Å². The van der Waals surface area contributed by atoms with Crippen LogP contribution in [-0.2, 0) is 72.6 Å². The zero-order valence-electron chi connectivity index (χ0n) is 64.4. The molecule has 0 spiro atoms. The molecule has 0 aromatic heterocycles. The first-order valence-corrected chi connectivity index (χ1v) is 49.2. The summed E-state index contributed by atoms with van der Waals surface area (Å²) in [5.74, 6) is -9.56. The van der Waals surface area contributed by atoms with Gasteiger partial charge in [-0.3, -0.25) is 0 Å². The number of carbonyl (C=O) groups excluding carboxylic acids is 10. The molecule has 0 fully saturated rings. The highest BCUT2D eigenvalue weighted by atomic mass is 28.3. The third-order valence-corrected chi connectivity index (χ3v) is 45.5. The van der Waals surface area contributed by atoms with Crippen molar-refractivity contribution in [1.29, 1.82) is 0 Å². The van der Waals surface area contributed by atoms with E-state index in [1.165, 1.54) is 60.7 Å². The minimum absolute atomic E-state index is 0.000894. The average molecular weight is 1600 g/mol. The smallest absolute Gasteiger partial charge is 0.432 e. The lowest BCUT2D eigenvalue weighted by Crippen LogP contribution is -2.44. The molecule has 592 valence electrons. The molecule has 2 unspecified atom stereocenters. The van der Waals surface area contributed by atoms with Crippen LogP contribution in [0.3, 0.4) is 0 Å². The summed E-state index contributed by atoms with van der Waals surface area (Å²) in [6.45, 7) is 36.9. The van der Waals surface area contributed by atoms with Gasteiger partial charge in [-0.25, -0.2) is 72.8 Å². The fourth-order valence-corrected chi connectivity index (χ4v) is 28.1. The van der Waals surface area contributed by atoms with Crippen LogP contribution < -0.4 is 25.9 Å². The van der Waals surface area contributed by atoms with Crippen molar-refractivity contribution < 1.29 is 121 Å². The van der Waals surface area contributed by atoms with Gasteiger partial charge in [0.1, 0.15) is 40.4 Å². The molecule has 0 aliphatic carbocycles. The molecular formula is C80H102O25Si5. The number of rotatable bonds is 39. The van der Waals surface area contributed by atoms with Gasteiger partial charge in [0, 0.05) is 17.8 Å². The van der Waals surface area contributed by atoms with Gasteiger partial charge in [0.2, 0.25) is 0 Å². The van der Waals surface area contributed by atoms with Gasteiger partial charge in [-0.1, -0.05) is 245 Å². The van der Waals surface area contributed by atoms with Crippen LogP contribution in [0.4, 0.5) is 24.0 Å². The van der Waals surface area contributed by atoms with Crippen molar-refractivity contribution in [3.8, 4) is 0 Å². The van der Waals surface area contributed by atoms with E-state index < -0.39 is 165 Å². The Morgan fingerprint density at radius 2 is 0.436 bits per heavy atom. The van der Waals surface area contributed by atoms with E-state index in [0.717, 1.165) is 86.4 Å². The van der Waals surface area contributed by atoms with E-state index in [0.29, 0.717) is 0 Å². The average Bonchev–Trinajstić information content (AvgIpc) is 0.841. The summed E-state index contributed by atoms with van der Waals surface area (Å²) < 4.78 is 27.3. The van der Waals surface area contributed by atoms with E-state index in [1.807, 2.05) is 28.5 Å². The van der Waals surface area contributed by atoms with Crippen LogP contribution in [-0.4, -0.2) is 134 Å². The van der Waals surface area contributed by atoms with Crippen molar-refractivity contribution in [3.05, 3.63) is 211 Å². The molecule has 0 saturated heterocycles. The summed E-state index contributed by atoms with van der Waals surface area (Å²) in [5, 5.41) is 5.03. The number of hydrogen-bond acceptors (Lipinski definition) is 25. The maximum absolute atomic E-state index is 13.7. The topological polar surface area (TPSA) is 309 Å². The zero-order chi connectivity index (χ0) is 81.1. The Balaban J connectivity index is 1.50. The summed E-state index contributed by atoms with van der Waals surface area (Å²) in [6, 6.07) is 41.3. The van der Waals surface area contributed by atoms with Gasteiger partial charge in [0.15, 0.2) is 0 Å². The minimum atomic E-state index is -2.11. The highest BCUT2D eigenvalue weighted by molar-refractivity contribution is 6.97. The lowest BCUT2D eigenvalue weighted by atomic mass is 9.79.